The zero-order valence-corrected chi connectivity index (χ0v) is 15.3. The number of ether oxygens (including phenoxy) is 2. The van der Waals surface area contributed by atoms with Crippen LogP contribution in [-0.4, -0.2) is 19.0 Å². The van der Waals surface area contributed by atoms with Gasteiger partial charge in [0.1, 0.15) is 5.82 Å². The summed E-state index contributed by atoms with van der Waals surface area (Å²) in [6.07, 6.45) is 1.62. The van der Waals surface area contributed by atoms with E-state index < -0.39 is 52.5 Å². The largest absolute Gasteiger partial charge is 0.466 e. The van der Waals surface area contributed by atoms with E-state index in [0.717, 1.165) is 0 Å². The van der Waals surface area contributed by atoms with E-state index in [-0.39, 0.29) is 5.92 Å². The Bertz CT molecular complexity index is 849. The summed E-state index contributed by atoms with van der Waals surface area (Å²) in [5, 5.41) is 0. The lowest BCUT2D eigenvalue weighted by Gasteiger charge is -2.16. The Morgan fingerprint density at radius 2 is 1.96 bits per heavy atom. The Labute approximate surface area is 159 Å². The number of benzene rings is 1. The summed E-state index contributed by atoms with van der Waals surface area (Å²) < 4.78 is 62.2. The minimum Gasteiger partial charge on any atom is -0.466 e. The molecule has 8 heteroatoms. The first-order valence-corrected chi connectivity index (χ1v) is 8.23. The number of methoxy groups -OCH3 is 1. The Hall–Kier alpha value is -2.82. The quantitative estimate of drug-likeness (QED) is 0.325. The Kier molecular flexibility index (Phi) is 5.88. The molecule has 0 N–H and O–H groups in total. The van der Waals surface area contributed by atoms with E-state index in [2.05, 4.69) is 4.74 Å². The van der Waals surface area contributed by atoms with Crippen LogP contribution in [0.1, 0.15) is 31.1 Å². The molecule has 3 atom stereocenters. The third-order valence-electron chi connectivity index (χ3n) is 4.80. The molecule has 0 aromatic heterocycles. The van der Waals surface area contributed by atoms with Crippen LogP contribution in [0.4, 0.5) is 17.6 Å². The second-order valence-corrected chi connectivity index (χ2v) is 6.92. The number of hydrogen-bond acceptors (Lipinski definition) is 4. The van der Waals surface area contributed by atoms with Crippen LogP contribution in [0.5, 0.6) is 0 Å². The van der Waals surface area contributed by atoms with Crippen molar-refractivity contribution in [3.63, 3.8) is 0 Å². The van der Waals surface area contributed by atoms with Crippen molar-refractivity contribution in [3.8, 4) is 12.3 Å². The standard InChI is InChI=1S/C20H18F4O4/c1-5-15(12-10-11(20(22,23)24)6-8-14(12)21)28-18(26)17-13(19(17,2)3)7-9-16(25)27-4/h1,6-10,13,15,17H,2-4H3. The van der Waals surface area contributed by atoms with Crippen molar-refractivity contribution in [2.45, 2.75) is 26.1 Å². The van der Waals surface area contributed by atoms with Gasteiger partial charge in [0.05, 0.1) is 18.6 Å². The number of terminal acetylenes is 1. The van der Waals surface area contributed by atoms with Crippen LogP contribution in [0, 0.1) is 35.4 Å². The highest BCUT2D eigenvalue weighted by molar-refractivity contribution is 5.83. The molecule has 1 aliphatic rings. The molecule has 1 aromatic carbocycles. The van der Waals surface area contributed by atoms with Crippen LogP contribution in [0.2, 0.25) is 0 Å². The Balaban J connectivity index is 2.20. The van der Waals surface area contributed by atoms with Crippen molar-refractivity contribution in [1.29, 1.82) is 0 Å². The van der Waals surface area contributed by atoms with Gasteiger partial charge in [-0.25, -0.2) is 9.18 Å². The van der Waals surface area contributed by atoms with Crippen molar-refractivity contribution in [2.75, 3.05) is 7.11 Å². The minimum absolute atomic E-state index is 0.358. The first-order chi connectivity index (χ1) is 12.9. The normalized spacial score (nSPS) is 21.6. The lowest BCUT2D eigenvalue weighted by atomic mass is 10.0. The molecule has 0 heterocycles. The Morgan fingerprint density at radius 3 is 2.50 bits per heavy atom. The summed E-state index contributed by atoms with van der Waals surface area (Å²) in [5.41, 5.74) is -2.22. The van der Waals surface area contributed by atoms with Crippen LogP contribution in [0.3, 0.4) is 0 Å². The molecule has 2 rings (SSSR count). The fourth-order valence-electron chi connectivity index (χ4n) is 3.04. The molecule has 0 aliphatic heterocycles. The number of hydrogen-bond donors (Lipinski definition) is 0. The number of allylic oxidation sites excluding steroid dienone is 1. The van der Waals surface area contributed by atoms with Gasteiger partial charge in [0.2, 0.25) is 0 Å². The molecular formula is C20H18F4O4. The fraction of sp³-hybridized carbons (Fsp3) is 0.400. The van der Waals surface area contributed by atoms with Gasteiger partial charge >= 0.3 is 18.1 Å². The molecule has 0 bridgehead atoms. The zero-order chi connectivity index (χ0) is 21.3. The third kappa shape index (κ3) is 4.35. The van der Waals surface area contributed by atoms with Crippen molar-refractivity contribution < 1.29 is 36.6 Å². The summed E-state index contributed by atoms with van der Waals surface area (Å²) in [6.45, 7) is 3.50. The first-order valence-electron chi connectivity index (χ1n) is 8.23. The highest BCUT2D eigenvalue weighted by Gasteiger charge is 2.61. The number of alkyl halides is 3. The maximum atomic E-state index is 14.0. The highest BCUT2D eigenvalue weighted by atomic mass is 19.4. The molecule has 28 heavy (non-hydrogen) atoms. The molecule has 1 aromatic rings. The summed E-state index contributed by atoms with van der Waals surface area (Å²) >= 11 is 0. The van der Waals surface area contributed by atoms with Gasteiger partial charge in [-0.15, -0.1) is 6.42 Å². The molecule has 1 aliphatic carbocycles. The van der Waals surface area contributed by atoms with E-state index in [0.29, 0.717) is 18.2 Å². The van der Waals surface area contributed by atoms with Gasteiger partial charge < -0.3 is 9.47 Å². The monoisotopic (exact) mass is 398 g/mol. The molecule has 3 unspecified atom stereocenters. The number of carbonyl (C=O) groups is 2. The maximum absolute atomic E-state index is 14.0. The lowest BCUT2D eigenvalue weighted by Crippen LogP contribution is -2.16. The van der Waals surface area contributed by atoms with E-state index in [1.807, 2.05) is 5.92 Å². The summed E-state index contributed by atoms with van der Waals surface area (Å²) in [5.74, 6) is -1.43. The number of esters is 2. The predicted octanol–water partition coefficient (Wildman–Crippen LogP) is 4.06. The van der Waals surface area contributed by atoms with Crippen LogP contribution in [0.25, 0.3) is 0 Å². The van der Waals surface area contributed by atoms with Crippen molar-refractivity contribution >= 4 is 11.9 Å². The topological polar surface area (TPSA) is 52.6 Å². The smallest absolute Gasteiger partial charge is 0.416 e. The molecular weight excluding hydrogens is 380 g/mol. The third-order valence-corrected chi connectivity index (χ3v) is 4.80. The average Bonchev–Trinajstić information content (AvgIpc) is 3.17. The number of carbonyl (C=O) groups excluding carboxylic acids is 2. The fourth-order valence-corrected chi connectivity index (χ4v) is 3.04. The maximum Gasteiger partial charge on any atom is 0.416 e. The lowest BCUT2D eigenvalue weighted by molar-refractivity contribution is -0.149. The van der Waals surface area contributed by atoms with Crippen molar-refractivity contribution in [1.82, 2.24) is 0 Å². The molecule has 0 spiro atoms. The van der Waals surface area contributed by atoms with Gasteiger partial charge in [0, 0.05) is 11.6 Å². The molecule has 150 valence electrons. The van der Waals surface area contributed by atoms with Gasteiger partial charge in [0.15, 0.2) is 6.10 Å². The van der Waals surface area contributed by atoms with E-state index in [1.165, 1.54) is 19.3 Å². The van der Waals surface area contributed by atoms with E-state index in [9.17, 15) is 27.2 Å². The van der Waals surface area contributed by atoms with Crippen LogP contribution in [-0.2, 0) is 25.2 Å². The van der Waals surface area contributed by atoms with E-state index in [1.54, 1.807) is 13.8 Å². The summed E-state index contributed by atoms with van der Waals surface area (Å²) in [7, 11) is 1.21. The number of rotatable bonds is 5. The Morgan fingerprint density at radius 1 is 1.32 bits per heavy atom. The first kappa shape index (κ1) is 21.5. The van der Waals surface area contributed by atoms with Gasteiger partial charge in [-0.05, 0) is 29.5 Å². The highest BCUT2D eigenvalue weighted by Crippen LogP contribution is 2.59. The van der Waals surface area contributed by atoms with Gasteiger partial charge in [0.25, 0.3) is 0 Å². The predicted molar refractivity (Wildman–Crippen MR) is 91.0 cm³/mol. The molecule has 0 saturated heterocycles. The SMILES string of the molecule is C#CC(OC(=O)C1C(C=CC(=O)OC)C1(C)C)c1cc(C(F)(F)F)ccc1F. The molecule has 1 saturated carbocycles. The van der Waals surface area contributed by atoms with Gasteiger partial charge in [-0.1, -0.05) is 25.8 Å². The average molecular weight is 398 g/mol. The summed E-state index contributed by atoms with van der Waals surface area (Å²) in [6, 6.07) is 1.73. The van der Waals surface area contributed by atoms with Crippen LogP contribution in [0.15, 0.2) is 30.4 Å². The van der Waals surface area contributed by atoms with E-state index >= 15 is 0 Å². The second kappa shape index (κ2) is 7.66. The van der Waals surface area contributed by atoms with Gasteiger partial charge in [-0.3, -0.25) is 4.79 Å². The second-order valence-electron chi connectivity index (χ2n) is 6.92. The molecule has 0 radical (unpaired) electrons. The molecule has 0 amide bonds. The molecule has 4 nitrogen and oxygen atoms in total. The molecule has 1 fully saturated rings. The summed E-state index contributed by atoms with van der Waals surface area (Å²) in [4.78, 5) is 23.7. The number of halogens is 4. The minimum atomic E-state index is -4.70. The van der Waals surface area contributed by atoms with Gasteiger partial charge in [-0.2, -0.15) is 13.2 Å². The van der Waals surface area contributed by atoms with E-state index in [4.69, 9.17) is 11.2 Å². The van der Waals surface area contributed by atoms with Crippen LogP contribution >= 0.6 is 0 Å². The van der Waals surface area contributed by atoms with Crippen molar-refractivity contribution in [3.05, 3.63) is 47.3 Å². The van der Waals surface area contributed by atoms with Crippen molar-refractivity contribution in [2.24, 2.45) is 17.3 Å². The zero-order valence-electron chi connectivity index (χ0n) is 15.3. The van der Waals surface area contributed by atoms with Crippen LogP contribution < -0.4 is 0 Å².